The number of rotatable bonds is 3. The molecule has 5 atom stereocenters. The van der Waals surface area contributed by atoms with Gasteiger partial charge in [-0.2, -0.15) is 0 Å². The van der Waals surface area contributed by atoms with Crippen LogP contribution in [0, 0.1) is 33.8 Å². The molecule has 26 heavy (non-hydrogen) atoms. The van der Waals surface area contributed by atoms with Crippen molar-refractivity contribution in [3.05, 3.63) is 46.5 Å². The topological polar surface area (TPSA) is 75.5 Å². The minimum absolute atomic E-state index is 0.0240. The molecular formula is C20H25N3O3. The van der Waals surface area contributed by atoms with Gasteiger partial charge in [0.25, 0.3) is 5.69 Å². The molecule has 1 aromatic rings. The highest BCUT2D eigenvalue weighted by atomic mass is 16.6. The number of allylic oxidation sites excluding steroid dienone is 2. The van der Waals surface area contributed by atoms with E-state index in [9.17, 15) is 14.9 Å². The molecular weight excluding hydrogens is 330 g/mol. The third kappa shape index (κ3) is 2.68. The Bertz CT molecular complexity index is 783. The van der Waals surface area contributed by atoms with Crippen LogP contribution in [0.15, 0.2) is 36.4 Å². The van der Waals surface area contributed by atoms with Crippen molar-refractivity contribution in [1.29, 1.82) is 0 Å². The van der Waals surface area contributed by atoms with Gasteiger partial charge in [0.05, 0.1) is 4.92 Å². The summed E-state index contributed by atoms with van der Waals surface area (Å²) in [6, 6.07) is 6.41. The molecule has 2 bridgehead atoms. The van der Waals surface area contributed by atoms with Gasteiger partial charge >= 0.3 is 0 Å². The second-order valence-corrected chi connectivity index (χ2v) is 8.77. The van der Waals surface area contributed by atoms with Gasteiger partial charge in [0.15, 0.2) is 0 Å². The number of nitrogens with one attached hydrogen (secondary N) is 1. The predicted octanol–water partition coefficient (Wildman–Crippen LogP) is 3.14. The van der Waals surface area contributed by atoms with Crippen molar-refractivity contribution in [1.82, 2.24) is 5.32 Å². The highest BCUT2D eigenvalue weighted by Gasteiger charge is 2.57. The van der Waals surface area contributed by atoms with Gasteiger partial charge < -0.3 is 10.2 Å². The first kappa shape index (κ1) is 17.1. The van der Waals surface area contributed by atoms with Crippen LogP contribution in [0.2, 0.25) is 0 Å². The highest BCUT2D eigenvalue weighted by Crippen LogP contribution is 2.55. The van der Waals surface area contributed by atoms with Gasteiger partial charge in [0, 0.05) is 18.2 Å². The molecule has 0 aromatic heterocycles. The minimum Gasteiger partial charge on any atom is -0.353 e. The van der Waals surface area contributed by atoms with Crippen LogP contribution in [0.1, 0.15) is 27.2 Å². The molecule has 1 saturated carbocycles. The van der Waals surface area contributed by atoms with Gasteiger partial charge in [-0.05, 0) is 56.9 Å². The lowest BCUT2D eigenvalue weighted by Gasteiger charge is -2.33. The first-order valence-corrected chi connectivity index (χ1v) is 9.27. The third-order valence-corrected chi connectivity index (χ3v) is 5.95. The van der Waals surface area contributed by atoms with Crippen molar-refractivity contribution >= 4 is 17.3 Å². The summed E-state index contributed by atoms with van der Waals surface area (Å²) in [5.41, 5.74) is 0.290. The summed E-state index contributed by atoms with van der Waals surface area (Å²) in [7, 11) is 0. The maximum Gasteiger partial charge on any atom is 0.292 e. The molecule has 1 N–H and O–H groups in total. The number of carbonyl (C=O) groups is 1. The highest BCUT2D eigenvalue weighted by molar-refractivity contribution is 5.88. The Balaban J connectivity index is 1.74. The van der Waals surface area contributed by atoms with E-state index >= 15 is 0 Å². The lowest BCUT2D eigenvalue weighted by Crippen LogP contribution is -2.53. The fourth-order valence-electron chi connectivity index (χ4n) is 5.11. The monoisotopic (exact) mass is 355 g/mol. The molecule has 0 spiro atoms. The van der Waals surface area contributed by atoms with Gasteiger partial charge in [-0.1, -0.05) is 24.3 Å². The van der Waals surface area contributed by atoms with E-state index in [1.807, 2.05) is 31.7 Å². The first-order chi connectivity index (χ1) is 12.3. The number of hydrogen-bond acceptors (Lipinski definition) is 4. The lowest BCUT2D eigenvalue weighted by molar-refractivity contribution is -0.384. The predicted molar refractivity (Wildman–Crippen MR) is 99.8 cm³/mol. The Morgan fingerprint density at radius 2 is 1.92 bits per heavy atom. The molecule has 0 radical (unpaired) electrons. The summed E-state index contributed by atoms with van der Waals surface area (Å²) in [5, 5.41) is 14.6. The number of amides is 1. The molecule has 138 valence electrons. The van der Waals surface area contributed by atoms with Crippen LogP contribution in [0.3, 0.4) is 0 Å². The van der Waals surface area contributed by atoms with Gasteiger partial charge in [-0.3, -0.25) is 14.9 Å². The zero-order valence-corrected chi connectivity index (χ0v) is 15.4. The Hall–Kier alpha value is -2.37. The Labute approximate surface area is 153 Å². The molecule has 1 aromatic carbocycles. The molecule has 1 aliphatic heterocycles. The van der Waals surface area contributed by atoms with Crippen LogP contribution in [-0.2, 0) is 4.79 Å². The van der Waals surface area contributed by atoms with E-state index in [-0.39, 0.29) is 34.0 Å². The summed E-state index contributed by atoms with van der Waals surface area (Å²) in [6.45, 7) is 6.59. The third-order valence-electron chi connectivity index (χ3n) is 5.95. The second kappa shape index (κ2) is 5.83. The number of nitrogens with zero attached hydrogens (tertiary/aromatic N) is 2. The Morgan fingerprint density at radius 3 is 2.62 bits per heavy atom. The summed E-state index contributed by atoms with van der Waals surface area (Å²) in [5.74, 6) is 1.48. The molecule has 6 nitrogen and oxygen atoms in total. The van der Waals surface area contributed by atoms with Crippen molar-refractivity contribution < 1.29 is 9.72 Å². The average molecular weight is 355 g/mol. The van der Waals surface area contributed by atoms with Crippen molar-refractivity contribution in [2.24, 2.45) is 23.7 Å². The molecule has 1 heterocycles. The van der Waals surface area contributed by atoms with Gasteiger partial charge in [0.2, 0.25) is 5.91 Å². The number of carbonyl (C=O) groups excluding carboxylic acids is 1. The molecule has 2 fully saturated rings. The number of anilines is 1. The zero-order chi connectivity index (χ0) is 18.6. The fourth-order valence-corrected chi connectivity index (χ4v) is 5.11. The lowest BCUT2D eigenvalue weighted by atomic mass is 9.81. The summed E-state index contributed by atoms with van der Waals surface area (Å²) < 4.78 is 0. The van der Waals surface area contributed by atoms with Crippen LogP contribution in [0.5, 0.6) is 0 Å². The molecule has 4 rings (SSSR count). The van der Waals surface area contributed by atoms with Crippen LogP contribution in [-0.4, -0.2) is 29.0 Å². The van der Waals surface area contributed by atoms with Crippen LogP contribution >= 0.6 is 0 Å². The van der Waals surface area contributed by atoms with Gasteiger partial charge in [0.1, 0.15) is 11.7 Å². The average Bonchev–Trinajstić information content (AvgIpc) is 3.24. The zero-order valence-electron chi connectivity index (χ0n) is 15.4. The largest absolute Gasteiger partial charge is 0.353 e. The maximum absolute atomic E-state index is 13.2. The van der Waals surface area contributed by atoms with Gasteiger partial charge in [-0.25, -0.2) is 0 Å². The normalized spacial score (nSPS) is 32.0. The van der Waals surface area contributed by atoms with Crippen molar-refractivity contribution in [2.75, 3.05) is 11.4 Å². The van der Waals surface area contributed by atoms with E-state index < -0.39 is 0 Å². The molecule has 1 saturated heterocycles. The fraction of sp³-hybridized carbons (Fsp3) is 0.550. The Morgan fingerprint density at radius 1 is 1.23 bits per heavy atom. The van der Waals surface area contributed by atoms with Crippen LogP contribution in [0.4, 0.5) is 11.4 Å². The number of nitro benzene ring substituents is 1. The number of benzene rings is 1. The molecule has 0 unspecified atom stereocenters. The van der Waals surface area contributed by atoms with E-state index in [1.165, 1.54) is 6.07 Å². The quantitative estimate of drug-likeness (QED) is 0.513. The molecule has 2 aliphatic carbocycles. The summed E-state index contributed by atoms with van der Waals surface area (Å²) >= 11 is 0. The van der Waals surface area contributed by atoms with Crippen LogP contribution < -0.4 is 10.2 Å². The van der Waals surface area contributed by atoms with Crippen molar-refractivity contribution in [3.8, 4) is 0 Å². The molecule has 1 amide bonds. The standard InChI is InChI=1S/C20H25N3O3/c1-20(2,3)21-19(24)18-17-13-9-8-12(10-13)14(17)11-22(18)15-6-4-5-7-16(15)23(25)26/h4-9,12-14,17-18H,10-11H2,1-3H3,(H,21,24)/t12-,13+,14-,17+,18+/m1/s1. The number of fused-ring (bicyclic) bond motifs is 5. The smallest absolute Gasteiger partial charge is 0.292 e. The van der Waals surface area contributed by atoms with Crippen LogP contribution in [0.25, 0.3) is 0 Å². The number of nitro groups is 1. The first-order valence-electron chi connectivity index (χ1n) is 9.27. The molecule has 6 heteroatoms. The van der Waals surface area contributed by atoms with E-state index in [0.29, 0.717) is 30.0 Å². The maximum atomic E-state index is 13.2. The second-order valence-electron chi connectivity index (χ2n) is 8.77. The minimum atomic E-state index is -0.361. The number of hydrogen-bond donors (Lipinski definition) is 1. The van der Waals surface area contributed by atoms with E-state index in [0.717, 1.165) is 6.42 Å². The number of para-hydroxylation sites is 2. The SMILES string of the molecule is CC(C)(C)NC(=O)[C@@H]1[C@@H]2[C@H](CN1c1ccccc1[N+](=O)[O-])[C@@H]1C=C[C@H]2C1. The van der Waals surface area contributed by atoms with Crippen molar-refractivity contribution in [2.45, 2.75) is 38.8 Å². The van der Waals surface area contributed by atoms with Gasteiger partial charge in [-0.15, -0.1) is 0 Å². The molecule has 3 aliphatic rings. The Kier molecular flexibility index (Phi) is 3.82. The van der Waals surface area contributed by atoms with Crippen molar-refractivity contribution in [3.63, 3.8) is 0 Å². The van der Waals surface area contributed by atoms with E-state index in [1.54, 1.807) is 12.1 Å². The summed E-state index contributed by atoms with van der Waals surface area (Å²) in [4.78, 5) is 26.4. The summed E-state index contributed by atoms with van der Waals surface area (Å²) in [6.07, 6.45) is 5.62. The van der Waals surface area contributed by atoms with E-state index in [4.69, 9.17) is 0 Å². The van der Waals surface area contributed by atoms with E-state index in [2.05, 4.69) is 17.5 Å².